The Kier molecular flexibility index (Phi) is 6.18. The van der Waals surface area contributed by atoms with E-state index >= 15 is 0 Å². The molecule has 0 unspecified atom stereocenters. The summed E-state index contributed by atoms with van der Waals surface area (Å²) in [5.74, 6) is 0. The van der Waals surface area contributed by atoms with E-state index in [1.165, 1.54) is 4.90 Å². The summed E-state index contributed by atoms with van der Waals surface area (Å²) in [4.78, 5) is 1.42. The van der Waals surface area contributed by atoms with Crippen LogP contribution in [-0.2, 0) is 5.41 Å². The van der Waals surface area contributed by atoms with E-state index in [0.29, 0.717) is 16.8 Å². The summed E-state index contributed by atoms with van der Waals surface area (Å²) in [5.41, 5.74) is 6.80. The zero-order valence-corrected chi connectivity index (χ0v) is 32.0. The Labute approximate surface area is 351 Å². The Morgan fingerprint density at radius 3 is 1.71 bits per heavy atom. The van der Waals surface area contributed by atoms with Gasteiger partial charge in [-0.05, 0) is 136 Å². The summed E-state index contributed by atoms with van der Waals surface area (Å²) in [7, 11) is 0. The molecule has 10 aromatic rings. The quantitative estimate of drug-likeness (QED) is 0.153. The molecule has 0 spiro atoms. The highest BCUT2D eigenvalue weighted by molar-refractivity contribution is 6.13. The molecule has 1 nitrogen and oxygen atoms in total. The van der Waals surface area contributed by atoms with Crippen LogP contribution in [0.25, 0.3) is 76.8 Å². The molecule has 1 aliphatic carbocycles. The predicted molar refractivity (Wildman–Crippen MR) is 248 cm³/mol. The summed E-state index contributed by atoms with van der Waals surface area (Å²) < 4.78 is 77.7. The van der Waals surface area contributed by atoms with E-state index in [4.69, 9.17) is 0 Å². The molecule has 0 fully saturated rings. The number of nitrogens with zero attached hydrogens (tertiary/aromatic N) is 1. The fourth-order valence-electron chi connectivity index (χ4n) is 8.90. The molecule has 0 saturated heterocycles. The first-order valence-corrected chi connectivity index (χ1v) is 19.6. The molecule has 0 radical (unpaired) electrons. The molecule has 274 valence electrons. The second-order valence-corrected chi connectivity index (χ2v) is 15.5. The molecule has 1 aliphatic rings. The Hall–Kier alpha value is -7.22. The third-order valence-electron chi connectivity index (χ3n) is 11.8. The van der Waals surface area contributed by atoms with E-state index in [1.807, 2.05) is 140 Å². The van der Waals surface area contributed by atoms with Crippen molar-refractivity contribution >= 4 is 49.4 Å². The van der Waals surface area contributed by atoms with Gasteiger partial charge in [0.15, 0.2) is 0 Å². The van der Waals surface area contributed by atoms with E-state index in [-0.39, 0.29) is 70.8 Å². The van der Waals surface area contributed by atoms with Crippen molar-refractivity contribution in [3.8, 4) is 44.5 Å². The van der Waals surface area contributed by atoms with E-state index in [9.17, 15) is 11.0 Å². The standard InChI is InChI=1S/C57H41N/c1-57(2)55-24-10-9-22-52(55)53-34-33-46(37-56(53)57)58(45-31-27-40(28-32-45)54-36-43-14-4-6-19-49(43)50-20-7-8-21-51(50)54)44-29-25-38(26-30-44)41-16-11-17-42(35-41)48-23-12-15-39-13-3-5-18-47(39)48/h3-37H,1-2H3/i25D,26D,27D,28D,29D,30D,31D,32D. The molecule has 0 bridgehead atoms. The second-order valence-electron chi connectivity index (χ2n) is 15.5. The van der Waals surface area contributed by atoms with Crippen molar-refractivity contribution in [3.05, 3.63) is 223 Å². The maximum atomic E-state index is 9.80. The van der Waals surface area contributed by atoms with Gasteiger partial charge in [-0.2, -0.15) is 0 Å². The number of hydrogen-bond acceptors (Lipinski definition) is 1. The molecule has 0 saturated carbocycles. The molecule has 1 heteroatoms. The van der Waals surface area contributed by atoms with Gasteiger partial charge in [-0.25, -0.2) is 0 Å². The van der Waals surface area contributed by atoms with Crippen LogP contribution in [0.3, 0.4) is 0 Å². The molecule has 0 amide bonds. The zero-order valence-electron chi connectivity index (χ0n) is 40.0. The Bertz CT molecular complexity index is 3620. The fourth-order valence-corrected chi connectivity index (χ4v) is 8.90. The van der Waals surface area contributed by atoms with E-state index in [0.717, 1.165) is 65.7 Å². The second kappa shape index (κ2) is 13.5. The third-order valence-corrected chi connectivity index (χ3v) is 11.8. The highest BCUT2D eigenvalue weighted by Gasteiger charge is 2.35. The van der Waals surface area contributed by atoms with Crippen LogP contribution in [0.2, 0.25) is 0 Å². The molecule has 0 N–H and O–H groups in total. The van der Waals surface area contributed by atoms with Crippen LogP contribution in [0.15, 0.2) is 212 Å². The number of hydrogen-bond donors (Lipinski definition) is 0. The molecular weight excluding hydrogens is 699 g/mol. The van der Waals surface area contributed by atoms with Crippen LogP contribution in [0.1, 0.15) is 35.9 Å². The van der Waals surface area contributed by atoms with Gasteiger partial charge in [0.05, 0.1) is 11.0 Å². The average molecular weight is 748 g/mol. The largest absolute Gasteiger partial charge is 0.310 e. The predicted octanol–water partition coefficient (Wildman–Crippen LogP) is 15.9. The van der Waals surface area contributed by atoms with Gasteiger partial charge in [0.1, 0.15) is 0 Å². The number of fused-ring (bicyclic) bond motifs is 7. The lowest BCUT2D eigenvalue weighted by Crippen LogP contribution is -2.16. The summed E-state index contributed by atoms with van der Waals surface area (Å²) in [5, 5.41) is 5.71. The number of anilines is 3. The Morgan fingerprint density at radius 1 is 0.345 bits per heavy atom. The average Bonchev–Trinajstić information content (AvgIpc) is 3.57. The van der Waals surface area contributed by atoms with Gasteiger partial charge in [0.25, 0.3) is 0 Å². The Balaban J connectivity index is 1.15. The van der Waals surface area contributed by atoms with Crippen LogP contribution in [0.4, 0.5) is 17.1 Å². The fraction of sp³-hybridized carbons (Fsp3) is 0.0526. The van der Waals surface area contributed by atoms with Crippen LogP contribution in [-0.4, -0.2) is 0 Å². The molecule has 11 rings (SSSR count). The first-order chi connectivity index (χ1) is 31.9. The summed E-state index contributed by atoms with van der Waals surface area (Å²) in [6.45, 7) is 4.25. The topological polar surface area (TPSA) is 3.24 Å². The van der Waals surface area contributed by atoms with Crippen molar-refractivity contribution < 1.29 is 11.0 Å². The minimum atomic E-state index is -0.475. The molecule has 0 aliphatic heterocycles. The Morgan fingerprint density at radius 2 is 0.914 bits per heavy atom. The highest BCUT2D eigenvalue weighted by Crippen LogP contribution is 2.51. The lowest BCUT2D eigenvalue weighted by atomic mass is 9.82. The van der Waals surface area contributed by atoms with Crippen LogP contribution < -0.4 is 4.90 Å². The van der Waals surface area contributed by atoms with Crippen molar-refractivity contribution in [1.29, 1.82) is 0 Å². The van der Waals surface area contributed by atoms with Crippen molar-refractivity contribution in [2.75, 3.05) is 4.90 Å². The van der Waals surface area contributed by atoms with E-state index in [1.54, 1.807) is 6.07 Å². The smallest absolute Gasteiger partial charge is 0.0645 e. The first-order valence-electron chi connectivity index (χ1n) is 23.6. The maximum absolute atomic E-state index is 9.80. The minimum absolute atomic E-state index is 0.111. The van der Waals surface area contributed by atoms with Gasteiger partial charge in [-0.15, -0.1) is 0 Å². The number of rotatable bonds is 6. The van der Waals surface area contributed by atoms with Gasteiger partial charge in [0, 0.05) is 22.5 Å². The van der Waals surface area contributed by atoms with Crippen molar-refractivity contribution in [3.63, 3.8) is 0 Å². The van der Waals surface area contributed by atoms with Gasteiger partial charge in [-0.1, -0.05) is 178 Å². The third kappa shape index (κ3) is 5.54. The molecule has 0 atom stereocenters. The molecule has 58 heavy (non-hydrogen) atoms. The minimum Gasteiger partial charge on any atom is -0.310 e. The SMILES string of the molecule is [2H]c1c([2H])c(N(c2ccc3c(c2)C(C)(C)c2ccccc2-3)c2c([2H])c([2H])c(-c3cc4ccccc4c4ccccc34)c([2H])c2[2H])c([2H])c([2H])c1-c1cccc(-c2cccc3ccccc23)c1. The maximum Gasteiger partial charge on any atom is 0.0645 e. The van der Waals surface area contributed by atoms with E-state index in [2.05, 4.69) is 32.0 Å². The summed E-state index contributed by atoms with van der Waals surface area (Å²) in [6, 6.07) is 50.4. The summed E-state index contributed by atoms with van der Waals surface area (Å²) in [6.07, 6.45) is 0. The van der Waals surface area contributed by atoms with Crippen molar-refractivity contribution in [1.82, 2.24) is 0 Å². The van der Waals surface area contributed by atoms with E-state index < -0.39 is 5.41 Å². The normalized spacial score (nSPS) is 14.7. The van der Waals surface area contributed by atoms with Gasteiger partial charge in [-0.3, -0.25) is 0 Å². The lowest BCUT2D eigenvalue weighted by Gasteiger charge is -2.28. The van der Waals surface area contributed by atoms with Crippen molar-refractivity contribution in [2.45, 2.75) is 19.3 Å². The monoisotopic (exact) mass is 747 g/mol. The van der Waals surface area contributed by atoms with Gasteiger partial charge < -0.3 is 4.90 Å². The first kappa shape index (κ1) is 26.6. The van der Waals surface area contributed by atoms with Crippen LogP contribution in [0, 0.1) is 0 Å². The number of benzene rings is 10. The summed E-state index contributed by atoms with van der Waals surface area (Å²) >= 11 is 0. The molecule has 0 heterocycles. The van der Waals surface area contributed by atoms with Gasteiger partial charge in [0.2, 0.25) is 0 Å². The van der Waals surface area contributed by atoms with Gasteiger partial charge >= 0.3 is 0 Å². The van der Waals surface area contributed by atoms with Crippen LogP contribution in [0.5, 0.6) is 0 Å². The molecule has 0 aromatic heterocycles. The zero-order chi connectivity index (χ0) is 45.8. The van der Waals surface area contributed by atoms with Crippen LogP contribution >= 0.6 is 0 Å². The lowest BCUT2D eigenvalue weighted by molar-refractivity contribution is 0.660. The molecular formula is C57H41N. The van der Waals surface area contributed by atoms with Crippen molar-refractivity contribution in [2.24, 2.45) is 0 Å². The molecule has 10 aromatic carbocycles. The highest BCUT2D eigenvalue weighted by atomic mass is 15.1.